The van der Waals surface area contributed by atoms with Gasteiger partial charge < -0.3 is 5.11 Å². The summed E-state index contributed by atoms with van der Waals surface area (Å²) in [6, 6.07) is 3.44. The summed E-state index contributed by atoms with van der Waals surface area (Å²) in [5.41, 5.74) is -6.25. The summed E-state index contributed by atoms with van der Waals surface area (Å²) in [5.74, 6) is -2.33. The maximum absolute atomic E-state index is 13.1. The van der Waals surface area contributed by atoms with Crippen LogP contribution in [-0.4, -0.2) is 36.8 Å². The summed E-state index contributed by atoms with van der Waals surface area (Å²) in [6.07, 6.45) is -9.68. The molecule has 0 radical (unpaired) electrons. The summed E-state index contributed by atoms with van der Waals surface area (Å²) >= 11 is 0. The van der Waals surface area contributed by atoms with E-state index in [0.717, 1.165) is 19.1 Å². The third-order valence-corrected chi connectivity index (χ3v) is 5.15. The van der Waals surface area contributed by atoms with Gasteiger partial charge in [-0.2, -0.15) is 31.6 Å². The van der Waals surface area contributed by atoms with Gasteiger partial charge in [-0.3, -0.25) is 0 Å². The fourth-order valence-corrected chi connectivity index (χ4v) is 3.03. The molecule has 144 valence electrons. The quantitative estimate of drug-likeness (QED) is 0.768. The lowest BCUT2D eigenvalue weighted by atomic mass is 10.0. The molecule has 1 rings (SSSR count). The minimum atomic E-state index is -5.37. The Kier molecular flexibility index (Phi) is 6.16. The highest BCUT2D eigenvalue weighted by atomic mass is 32.2. The molecule has 0 aliphatic heterocycles. The van der Waals surface area contributed by atoms with Crippen molar-refractivity contribution in [3.8, 4) is 6.07 Å². The van der Waals surface area contributed by atoms with Gasteiger partial charge in [0.25, 0.3) is 0 Å². The second-order valence-corrected chi connectivity index (χ2v) is 7.70. The molecule has 0 spiro atoms. The van der Waals surface area contributed by atoms with Gasteiger partial charge in [-0.15, -0.1) is 0 Å². The maximum atomic E-state index is 13.1. The largest absolute Gasteiger partial charge is 0.421 e. The summed E-state index contributed by atoms with van der Waals surface area (Å²) < 4.78 is 101. The van der Waals surface area contributed by atoms with Crippen LogP contribution in [-0.2, 0) is 16.0 Å². The fourth-order valence-electron chi connectivity index (χ4n) is 1.89. The van der Waals surface area contributed by atoms with E-state index in [1.807, 2.05) is 0 Å². The maximum Gasteiger partial charge on any atom is 0.421 e. The zero-order valence-corrected chi connectivity index (χ0v) is 14.0. The average molecular weight is 401 g/mol. The Morgan fingerprint density at radius 2 is 1.77 bits per heavy atom. The van der Waals surface area contributed by atoms with Crippen LogP contribution in [0.25, 0.3) is 6.08 Å². The van der Waals surface area contributed by atoms with Crippen molar-refractivity contribution in [2.24, 2.45) is 0 Å². The molecule has 1 unspecified atom stereocenters. The van der Waals surface area contributed by atoms with E-state index in [2.05, 4.69) is 0 Å². The molecule has 26 heavy (non-hydrogen) atoms. The second kappa shape index (κ2) is 7.28. The number of hydrogen-bond acceptors (Lipinski definition) is 4. The van der Waals surface area contributed by atoms with Gasteiger partial charge in [0.2, 0.25) is 0 Å². The molecular weight excluding hydrogens is 388 g/mol. The van der Waals surface area contributed by atoms with Gasteiger partial charge in [0.05, 0.1) is 22.9 Å². The number of sulfone groups is 1. The molecule has 11 heteroatoms. The number of hydrogen-bond donors (Lipinski definition) is 1. The standard InChI is InChI=1S/C15H13F6NO3S/c1-2-26(24,25)9-13(23,15(19,20)21)6-5-10-3-4-11(8-22)12(7-10)14(16,17)18/h3-7,23H,2,9H2,1H3/b6-5+. The molecule has 0 bridgehead atoms. The topological polar surface area (TPSA) is 78.2 Å². The van der Waals surface area contributed by atoms with Gasteiger partial charge in [-0.1, -0.05) is 19.1 Å². The lowest BCUT2D eigenvalue weighted by Gasteiger charge is -2.27. The van der Waals surface area contributed by atoms with Crippen LogP contribution >= 0.6 is 0 Å². The smallest absolute Gasteiger partial charge is 0.376 e. The van der Waals surface area contributed by atoms with Crippen molar-refractivity contribution in [2.75, 3.05) is 11.5 Å². The van der Waals surface area contributed by atoms with Crippen LogP contribution in [0.2, 0.25) is 0 Å². The summed E-state index contributed by atoms with van der Waals surface area (Å²) in [5, 5.41) is 18.4. The number of alkyl halides is 6. The highest BCUT2D eigenvalue weighted by molar-refractivity contribution is 7.91. The number of halogens is 6. The van der Waals surface area contributed by atoms with Gasteiger partial charge >= 0.3 is 12.4 Å². The molecule has 0 saturated carbocycles. The van der Waals surface area contributed by atoms with E-state index in [1.54, 1.807) is 0 Å². The predicted octanol–water partition coefficient (Wildman–Crippen LogP) is 3.32. The van der Waals surface area contributed by atoms with E-state index in [4.69, 9.17) is 5.26 Å². The molecule has 0 amide bonds. The van der Waals surface area contributed by atoms with Crippen LogP contribution in [0.3, 0.4) is 0 Å². The summed E-state index contributed by atoms with van der Waals surface area (Å²) in [4.78, 5) is 0. The second-order valence-electron chi connectivity index (χ2n) is 5.35. The van der Waals surface area contributed by atoms with Crippen LogP contribution in [0.5, 0.6) is 0 Å². The Bertz CT molecular complexity index is 836. The highest BCUT2D eigenvalue weighted by Gasteiger charge is 2.54. The third-order valence-electron chi connectivity index (χ3n) is 3.39. The SMILES string of the molecule is CCS(=O)(=O)CC(O)(/C=C/c1ccc(C#N)c(C(F)(F)F)c1)C(F)(F)F. The van der Waals surface area contributed by atoms with Gasteiger partial charge in [-0.05, 0) is 23.8 Å². The molecule has 1 aromatic carbocycles. The van der Waals surface area contributed by atoms with Gasteiger partial charge in [0.15, 0.2) is 15.4 Å². The van der Waals surface area contributed by atoms with E-state index >= 15 is 0 Å². The third kappa shape index (κ3) is 5.22. The van der Waals surface area contributed by atoms with Crippen molar-refractivity contribution in [1.82, 2.24) is 0 Å². The first-order valence-corrected chi connectivity index (χ1v) is 8.77. The molecule has 0 fully saturated rings. The van der Waals surface area contributed by atoms with Gasteiger partial charge in [0, 0.05) is 5.75 Å². The Hall–Kier alpha value is -2.06. The van der Waals surface area contributed by atoms with Crippen LogP contribution in [0, 0.1) is 11.3 Å². The molecular formula is C15H13F6NO3S. The molecule has 4 nitrogen and oxygen atoms in total. The van der Waals surface area contributed by atoms with E-state index < -0.39 is 56.0 Å². The molecule has 0 aliphatic carbocycles. The van der Waals surface area contributed by atoms with E-state index in [-0.39, 0.29) is 6.08 Å². The molecule has 0 aliphatic rings. The minimum Gasteiger partial charge on any atom is -0.376 e. The van der Waals surface area contributed by atoms with Crippen molar-refractivity contribution < 1.29 is 39.9 Å². The number of nitrogens with zero attached hydrogens (tertiary/aromatic N) is 1. The van der Waals surface area contributed by atoms with Gasteiger partial charge in [0.1, 0.15) is 0 Å². The van der Waals surface area contributed by atoms with Gasteiger partial charge in [-0.25, -0.2) is 8.42 Å². The molecule has 0 saturated heterocycles. The average Bonchev–Trinajstić information content (AvgIpc) is 2.50. The lowest BCUT2D eigenvalue weighted by Crippen LogP contribution is -2.49. The predicted molar refractivity (Wildman–Crippen MR) is 80.5 cm³/mol. The summed E-state index contributed by atoms with van der Waals surface area (Å²) in [6.45, 7) is 1.09. The Balaban J connectivity index is 3.38. The first kappa shape index (κ1) is 22.0. The Labute approximate surface area is 145 Å². The Morgan fingerprint density at radius 3 is 2.19 bits per heavy atom. The van der Waals surface area contributed by atoms with E-state index in [9.17, 15) is 39.9 Å². The normalized spacial score (nSPS) is 15.7. The lowest BCUT2D eigenvalue weighted by molar-refractivity contribution is -0.230. The molecule has 0 heterocycles. The molecule has 1 atom stereocenters. The first-order valence-electron chi connectivity index (χ1n) is 6.95. The Morgan fingerprint density at radius 1 is 1.19 bits per heavy atom. The molecule has 1 N–H and O–H groups in total. The van der Waals surface area contributed by atoms with Crippen LogP contribution < -0.4 is 0 Å². The number of benzene rings is 1. The van der Waals surface area contributed by atoms with Crippen molar-refractivity contribution in [3.63, 3.8) is 0 Å². The van der Waals surface area contributed by atoms with Crippen molar-refractivity contribution >= 4 is 15.9 Å². The minimum absolute atomic E-state index is 0.0851. The summed E-state index contributed by atoms with van der Waals surface area (Å²) in [7, 11) is -4.25. The monoisotopic (exact) mass is 401 g/mol. The van der Waals surface area contributed by atoms with Crippen LogP contribution in [0.4, 0.5) is 26.3 Å². The first-order chi connectivity index (χ1) is 11.6. The number of nitriles is 1. The highest BCUT2D eigenvalue weighted by Crippen LogP contribution is 2.35. The molecule has 1 aromatic rings. The number of rotatable bonds is 5. The fraction of sp³-hybridized carbons (Fsp3) is 0.400. The van der Waals surface area contributed by atoms with Crippen molar-refractivity contribution in [3.05, 3.63) is 41.0 Å². The van der Waals surface area contributed by atoms with Crippen LogP contribution in [0.15, 0.2) is 24.3 Å². The molecule has 0 aromatic heterocycles. The zero-order valence-electron chi connectivity index (χ0n) is 13.2. The zero-order chi connectivity index (χ0) is 20.4. The van der Waals surface area contributed by atoms with Crippen molar-refractivity contribution in [2.45, 2.75) is 24.9 Å². The van der Waals surface area contributed by atoms with Crippen LogP contribution in [0.1, 0.15) is 23.6 Å². The van der Waals surface area contributed by atoms with Crippen molar-refractivity contribution in [1.29, 1.82) is 5.26 Å². The van der Waals surface area contributed by atoms with E-state index in [0.29, 0.717) is 12.1 Å². The number of aliphatic hydroxyl groups is 1. The van der Waals surface area contributed by atoms with E-state index in [1.165, 1.54) is 6.07 Å².